The molecule has 27 heavy (non-hydrogen) atoms. The third-order valence-corrected chi connectivity index (χ3v) is 4.68. The number of carbonyl (C=O) groups excluding carboxylic acids is 1. The van der Waals surface area contributed by atoms with Crippen LogP contribution in [0, 0.1) is 0 Å². The van der Waals surface area contributed by atoms with Gasteiger partial charge in [0.15, 0.2) is 0 Å². The number of halogens is 2. The molecule has 0 bridgehead atoms. The molecule has 0 aromatic heterocycles. The summed E-state index contributed by atoms with van der Waals surface area (Å²) in [6.07, 6.45) is -0.629. The Balaban J connectivity index is 1.69. The molecule has 0 N–H and O–H groups in total. The largest absolute Gasteiger partial charge is 0.444 e. The third kappa shape index (κ3) is 5.38. The monoisotopic (exact) mass is 407 g/mol. The highest BCUT2D eigenvalue weighted by Gasteiger charge is 2.36. The van der Waals surface area contributed by atoms with Gasteiger partial charge in [0.2, 0.25) is 0 Å². The van der Waals surface area contributed by atoms with Gasteiger partial charge in [-0.1, -0.05) is 47.5 Å². The van der Waals surface area contributed by atoms with E-state index in [1.165, 1.54) is 0 Å². The van der Waals surface area contributed by atoms with E-state index in [9.17, 15) is 4.79 Å². The summed E-state index contributed by atoms with van der Waals surface area (Å²) >= 11 is 12.0. The van der Waals surface area contributed by atoms with Crippen LogP contribution >= 0.6 is 23.2 Å². The quantitative estimate of drug-likeness (QED) is 0.650. The number of rotatable bonds is 4. The minimum Gasteiger partial charge on any atom is -0.444 e. The number of ether oxygens (including phenoxy) is 2. The highest BCUT2D eigenvalue weighted by molar-refractivity contribution is 6.30. The van der Waals surface area contributed by atoms with Gasteiger partial charge in [-0.25, -0.2) is 4.79 Å². The summed E-state index contributed by atoms with van der Waals surface area (Å²) in [4.78, 5) is 13.8. The fraction of sp³-hybridized carbons (Fsp3) is 0.381. The summed E-state index contributed by atoms with van der Waals surface area (Å²) in [6.45, 7) is 6.58. The number of benzene rings is 2. The number of nitrogens with zero attached hydrogens (tertiary/aromatic N) is 1. The van der Waals surface area contributed by atoms with E-state index in [0.29, 0.717) is 23.1 Å². The molecule has 3 rings (SSSR count). The van der Waals surface area contributed by atoms with Crippen LogP contribution in [-0.2, 0) is 9.47 Å². The van der Waals surface area contributed by atoms with Gasteiger partial charge in [0.25, 0.3) is 0 Å². The molecule has 1 saturated heterocycles. The molecule has 144 valence electrons. The van der Waals surface area contributed by atoms with Gasteiger partial charge < -0.3 is 14.4 Å². The lowest BCUT2D eigenvalue weighted by Crippen LogP contribution is -2.56. The number of amides is 1. The average Bonchev–Trinajstić information content (AvgIpc) is 2.54. The molecule has 4 nitrogen and oxygen atoms in total. The minimum atomic E-state index is -0.502. The lowest BCUT2D eigenvalue weighted by Gasteiger charge is -2.41. The Morgan fingerprint density at radius 1 is 0.963 bits per heavy atom. The lowest BCUT2D eigenvalue weighted by molar-refractivity contribution is -0.0837. The predicted molar refractivity (Wildman–Crippen MR) is 107 cm³/mol. The van der Waals surface area contributed by atoms with Crippen molar-refractivity contribution in [2.24, 2.45) is 0 Å². The Labute approximate surface area is 170 Å². The minimum absolute atomic E-state index is 0.0612. The van der Waals surface area contributed by atoms with Crippen molar-refractivity contribution in [3.63, 3.8) is 0 Å². The fourth-order valence-electron chi connectivity index (χ4n) is 2.82. The summed E-state index contributed by atoms with van der Waals surface area (Å²) < 4.78 is 11.7. The van der Waals surface area contributed by atoms with E-state index < -0.39 is 5.60 Å². The van der Waals surface area contributed by atoms with E-state index in [4.69, 9.17) is 32.7 Å². The number of hydrogen-bond donors (Lipinski definition) is 0. The molecule has 1 heterocycles. The zero-order valence-electron chi connectivity index (χ0n) is 15.6. The van der Waals surface area contributed by atoms with Crippen molar-refractivity contribution in [3.8, 4) is 0 Å². The van der Waals surface area contributed by atoms with Gasteiger partial charge >= 0.3 is 6.09 Å². The first-order valence-corrected chi connectivity index (χ1v) is 9.61. The van der Waals surface area contributed by atoms with Crippen molar-refractivity contribution < 1.29 is 14.3 Å². The van der Waals surface area contributed by atoms with Crippen LogP contribution in [0.4, 0.5) is 4.79 Å². The maximum absolute atomic E-state index is 12.1. The van der Waals surface area contributed by atoms with Gasteiger partial charge in [-0.2, -0.15) is 0 Å². The summed E-state index contributed by atoms with van der Waals surface area (Å²) in [5, 5.41) is 1.35. The first kappa shape index (κ1) is 20.0. The van der Waals surface area contributed by atoms with Crippen LogP contribution in [0.2, 0.25) is 10.0 Å². The second kappa shape index (κ2) is 8.09. The van der Waals surface area contributed by atoms with Gasteiger partial charge in [-0.05, 0) is 56.2 Å². The maximum atomic E-state index is 12.1. The summed E-state index contributed by atoms with van der Waals surface area (Å²) in [5.74, 6) is 0. The van der Waals surface area contributed by atoms with E-state index >= 15 is 0 Å². The molecule has 0 radical (unpaired) electrons. The SMILES string of the molecule is CC(C)(C)OC(=O)N1CC(OC(c2ccc(Cl)cc2)c2ccc(Cl)cc2)C1. The van der Waals surface area contributed by atoms with Crippen molar-refractivity contribution in [2.45, 2.75) is 38.6 Å². The summed E-state index contributed by atoms with van der Waals surface area (Å²) in [6, 6.07) is 15.2. The molecule has 6 heteroatoms. The third-order valence-electron chi connectivity index (χ3n) is 4.17. The Bertz CT molecular complexity index is 733. The summed E-state index contributed by atoms with van der Waals surface area (Å²) in [5.41, 5.74) is 1.49. The van der Waals surface area contributed by atoms with Gasteiger partial charge in [0, 0.05) is 10.0 Å². The molecule has 2 aromatic carbocycles. The van der Waals surface area contributed by atoms with Crippen LogP contribution in [0.25, 0.3) is 0 Å². The van der Waals surface area contributed by atoms with Crippen molar-refractivity contribution in [2.75, 3.05) is 13.1 Å². The zero-order chi connectivity index (χ0) is 19.6. The zero-order valence-corrected chi connectivity index (χ0v) is 17.1. The molecule has 0 saturated carbocycles. The molecule has 1 amide bonds. The van der Waals surface area contributed by atoms with E-state index in [1.54, 1.807) is 4.90 Å². The standard InChI is InChI=1S/C21H23Cl2NO3/c1-21(2,3)27-20(25)24-12-18(13-24)26-19(14-4-8-16(22)9-5-14)15-6-10-17(23)11-7-15/h4-11,18-19H,12-13H2,1-3H3. The molecular formula is C21H23Cl2NO3. The number of hydrogen-bond acceptors (Lipinski definition) is 3. The first-order chi connectivity index (χ1) is 12.7. The molecule has 0 unspecified atom stereocenters. The van der Waals surface area contributed by atoms with E-state index in [-0.39, 0.29) is 18.3 Å². The Morgan fingerprint density at radius 2 is 1.41 bits per heavy atom. The van der Waals surface area contributed by atoms with Crippen LogP contribution in [0.3, 0.4) is 0 Å². The van der Waals surface area contributed by atoms with Gasteiger partial charge in [-0.3, -0.25) is 0 Å². The van der Waals surface area contributed by atoms with Crippen LogP contribution in [-0.4, -0.2) is 35.8 Å². The smallest absolute Gasteiger partial charge is 0.410 e. The van der Waals surface area contributed by atoms with E-state index in [1.807, 2.05) is 69.3 Å². The van der Waals surface area contributed by atoms with Gasteiger partial charge in [0.1, 0.15) is 11.7 Å². The Hall–Kier alpha value is -1.75. The molecule has 0 aliphatic carbocycles. The van der Waals surface area contributed by atoms with Crippen LogP contribution in [0.15, 0.2) is 48.5 Å². The molecular weight excluding hydrogens is 385 g/mol. The van der Waals surface area contributed by atoms with Crippen LogP contribution in [0.5, 0.6) is 0 Å². The molecule has 1 fully saturated rings. The average molecular weight is 408 g/mol. The number of likely N-dealkylation sites (tertiary alicyclic amines) is 1. The first-order valence-electron chi connectivity index (χ1n) is 8.85. The molecule has 0 atom stereocenters. The van der Waals surface area contributed by atoms with E-state index in [2.05, 4.69) is 0 Å². The Morgan fingerprint density at radius 3 is 1.81 bits per heavy atom. The number of carbonyl (C=O) groups is 1. The van der Waals surface area contributed by atoms with Crippen LogP contribution < -0.4 is 0 Å². The maximum Gasteiger partial charge on any atom is 0.410 e. The topological polar surface area (TPSA) is 38.8 Å². The Kier molecular flexibility index (Phi) is 5.99. The highest BCUT2D eigenvalue weighted by atomic mass is 35.5. The van der Waals surface area contributed by atoms with Gasteiger partial charge in [0.05, 0.1) is 19.2 Å². The second-order valence-corrected chi connectivity index (χ2v) is 8.50. The normalized spacial score (nSPS) is 15.0. The van der Waals surface area contributed by atoms with Crippen molar-refractivity contribution >= 4 is 29.3 Å². The van der Waals surface area contributed by atoms with Crippen molar-refractivity contribution in [1.82, 2.24) is 4.90 Å². The van der Waals surface area contributed by atoms with Crippen molar-refractivity contribution in [1.29, 1.82) is 0 Å². The summed E-state index contributed by atoms with van der Waals surface area (Å²) in [7, 11) is 0. The molecule has 1 aliphatic rings. The molecule has 1 aliphatic heterocycles. The highest BCUT2D eigenvalue weighted by Crippen LogP contribution is 2.31. The molecule has 0 spiro atoms. The van der Waals surface area contributed by atoms with E-state index in [0.717, 1.165) is 11.1 Å². The predicted octanol–water partition coefficient (Wildman–Crippen LogP) is 5.72. The van der Waals surface area contributed by atoms with Gasteiger partial charge in [-0.15, -0.1) is 0 Å². The fourth-order valence-corrected chi connectivity index (χ4v) is 3.07. The second-order valence-electron chi connectivity index (χ2n) is 7.63. The van der Waals surface area contributed by atoms with Crippen molar-refractivity contribution in [3.05, 3.63) is 69.7 Å². The van der Waals surface area contributed by atoms with Crippen LogP contribution in [0.1, 0.15) is 38.0 Å². The lowest BCUT2D eigenvalue weighted by atomic mass is 10.0. The molecule has 2 aromatic rings.